The molecule has 3 rings (SSSR count). The molecule has 1 aliphatic carbocycles. The molecule has 0 unspecified atom stereocenters. The van der Waals surface area contributed by atoms with Crippen molar-refractivity contribution in [2.24, 2.45) is 5.92 Å². The molecule has 154 valence electrons. The molecule has 0 spiro atoms. The van der Waals surface area contributed by atoms with Gasteiger partial charge in [-0.15, -0.1) is 23.5 Å². The van der Waals surface area contributed by atoms with Gasteiger partial charge in [0.05, 0.1) is 4.58 Å². The van der Waals surface area contributed by atoms with Crippen molar-refractivity contribution in [2.45, 2.75) is 43.1 Å². The topological polar surface area (TPSA) is 64.6 Å². The van der Waals surface area contributed by atoms with E-state index in [1.54, 1.807) is 0 Å². The Kier molecular flexibility index (Phi) is 8.86. The molecule has 1 saturated heterocycles. The average molecular weight is 424 g/mol. The second-order valence-corrected chi connectivity index (χ2v) is 9.98. The van der Waals surface area contributed by atoms with E-state index in [2.05, 4.69) is 17.4 Å². The highest BCUT2D eigenvalue weighted by Crippen LogP contribution is 2.43. The zero-order chi connectivity index (χ0) is 19.6. The maximum atomic E-state index is 11.8. The van der Waals surface area contributed by atoms with Gasteiger partial charge in [-0.2, -0.15) is 0 Å². The second kappa shape index (κ2) is 11.6. The fraction of sp³-hybridized carbons (Fsp3) is 0.619. The Bertz CT molecular complexity index is 626. The van der Waals surface area contributed by atoms with Crippen molar-refractivity contribution < 1.29 is 19.1 Å². The molecule has 1 aliphatic heterocycles. The quantitative estimate of drug-likeness (QED) is 0.633. The number of thioether (sulfide) groups is 2. The van der Waals surface area contributed by atoms with Gasteiger partial charge in [0, 0.05) is 6.54 Å². The predicted molar refractivity (Wildman–Crippen MR) is 115 cm³/mol. The minimum Gasteiger partial charge on any atom is -0.482 e. The van der Waals surface area contributed by atoms with Gasteiger partial charge in [-0.1, -0.05) is 31.4 Å². The van der Waals surface area contributed by atoms with Crippen LogP contribution in [0.4, 0.5) is 0 Å². The van der Waals surface area contributed by atoms with Crippen molar-refractivity contribution in [3.05, 3.63) is 29.8 Å². The Labute approximate surface area is 175 Å². The van der Waals surface area contributed by atoms with Crippen molar-refractivity contribution in [3.63, 3.8) is 0 Å². The summed E-state index contributed by atoms with van der Waals surface area (Å²) in [6.45, 7) is 0.239. The third-order valence-electron chi connectivity index (χ3n) is 5.01. The molecule has 1 aromatic rings. The number of hydrogen-bond donors (Lipinski definition) is 1. The Balaban J connectivity index is 1.30. The first-order valence-corrected chi connectivity index (χ1v) is 12.2. The van der Waals surface area contributed by atoms with Gasteiger partial charge >= 0.3 is 5.97 Å². The first-order valence-electron chi connectivity index (χ1n) is 10.1. The number of nitrogens with one attached hydrogen (secondary N) is 1. The molecule has 0 aromatic heterocycles. The summed E-state index contributed by atoms with van der Waals surface area (Å²) < 4.78 is 11.0. The van der Waals surface area contributed by atoms with E-state index in [0.29, 0.717) is 22.8 Å². The Morgan fingerprint density at radius 2 is 1.68 bits per heavy atom. The standard InChI is InChI=1S/C21H29NO4S2/c23-19(22-13-16-5-2-1-3-6-16)14-26-20(24)15-25-18-9-7-17(8-10-18)21-27-11-4-12-28-21/h7-10,16,21H,1-6,11-15H2,(H,22,23). The number of hydrogen-bond acceptors (Lipinski definition) is 6. The lowest BCUT2D eigenvalue weighted by Gasteiger charge is -2.21. The zero-order valence-electron chi connectivity index (χ0n) is 16.2. The number of esters is 1. The Morgan fingerprint density at radius 1 is 0.964 bits per heavy atom. The number of carbonyl (C=O) groups is 2. The molecule has 1 saturated carbocycles. The maximum Gasteiger partial charge on any atom is 0.344 e. The van der Waals surface area contributed by atoms with Crippen LogP contribution < -0.4 is 10.1 Å². The van der Waals surface area contributed by atoms with Crippen molar-refractivity contribution in [2.75, 3.05) is 31.3 Å². The van der Waals surface area contributed by atoms with Crippen LogP contribution in [0.1, 0.15) is 48.7 Å². The van der Waals surface area contributed by atoms with E-state index in [9.17, 15) is 9.59 Å². The molecule has 0 atom stereocenters. The van der Waals surface area contributed by atoms with Crippen molar-refractivity contribution in [1.82, 2.24) is 5.32 Å². The van der Waals surface area contributed by atoms with Crippen LogP contribution >= 0.6 is 23.5 Å². The summed E-state index contributed by atoms with van der Waals surface area (Å²) in [6, 6.07) is 7.87. The third kappa shape index (κ3) is 7.24. The summed E-state index contributed by atoms with van der Waals surface area (Å²) >= 11 is 3.95. The molecule has 28 heavy (non-hydrogen) atoms. The van der Waals surface area contributed by atoms with Crippen molar-refractivity contribution in [1.29, 1.82) is 0 Å². The lowest BCUT2D eigenvalue weighted by molar-refractivity contribution is -0.150. The summed E-state index contributed by atoms with van der Waals surface area (Å²) in [6.07, 6.45) is 7.39. The van der Waals surface area contributed by atoms with E-state index < -0.39 is 5.97 Å². The van der Waals surface area contributed by atoms with Crippen LogP contribution in [0.25, 0.3) is 0 Å². The maximum absolute atomic E-state index is 11.8. The number of amides is 1. The van der Waals surface area contributed by atoms with E-state index >= 15 is 0 Å². The molecule has 7 heteroatoms. The number of benzene rings is 1. The predicted octanol–water partition coefficient (Wildman–Crippen LogP) is 4.17. The summed E-state index contributed by atoms with van der Waals surface area (Å²) in [5.41, 5.74) is 1.28. The third-order valence-corrected chi connectivity index (χ3v) is 8.03. The number of rotatable bonds is 8. The first-order chi connectivity index (χ1) is 13.7. The zero-order valence-corrected chi connectivity index (χ0v) is 17.8. The highest BCUT2D eigenvalue weighted by Gasteiger charge is 2.17. The molecule has 0 bridgehead atoms. The Morgan fingerprint density at radius 3 is 2.39 bits per heavy atom. The van der Waals surface area contributed by atoms with E-state index in [1.807, 2.05) is 35.7 Å². The summed E-state index contributed by atoms with van der Waals surface area (Å²) in [7, 11) is 0. The van der Waals surface area contributed by atoms with Gasteiger partial charge < -0.3 is 14.8 Å². The number of ether oxygens (including phenoxy) is 2. The lowest BCUT2D eigenvalue weighted by Crippen LogP contribution is -2.34. The van der Waals surface area contributed by atoms with E-state index in [-0.39, 0.29) is 19.1 Å². The van der Waals surface area contributed by atoms with Gasteiger partial charge in [0.25, 0.3) is 5.91 Å². The van der Waals surface area contributed by atoms with Gasteiger partial charge in [0.2, 0.25) is 0 Å². The van der Waals surface area contributed by atoms with Gasteiger partial charge in [-0.05, 0) is 54.4 Å². The van der Waals surface area contributed by atoms with Crippen LogP contribution in [-0.4, -0.2) is 43.1 Å². The fourth-order valence-electron chi connectivity index (χ4n) is 3.43. The highest BCUT2D eigenvalue weighted by atomic mass is 32.2. The van der Waals surface area contributed by atoms with Crippen LogP contribution in [-0.2, 0) is 14.3 Å². The van der Waals surface area contributed by atoms with Crippen LogP contribution in [0.5, 0.6) is 5.75 Å². The molecular formula is C21H29NO4S2. The van der Waals surface area contributed by atoms with Gasteiger partial charge in [-0.3, -0.25) is 4.79 Å². The van der Waals surface area contributed by atoms with Crippen LogP contribution in [0, 0.1) is 5.92 Å². The molecule has 0 radical (unpaired) electrons. The van der Waals surface area contributed by atoms with Gasteiger partial charge in [-0.25, -0.2) is 4.79 Å². The highest BCUT2D eigenvalue weighted by molar-refractivity contribution is 8.16. The van der Waals surface area contributed by atoms with E-state index in [4.69, 9.17) is 9.47 Å². The molecule has 1 aromatic carbocycles. The molecule has 5 nitrogen and oxygen atoms in total. The summed E-state index contributed by atoms with van der Waals surface area (Å²) in [4.78, 5) is 23.6. The molecule has 2 fully saturated rings. The molecule has 1 N–H and O–H groups in total. The first kappa shape index (κ1) is 21.4. The van der Waals surface area contributed by atoms with Gasteiger partial charge in [0.1, 0.15) is 5.75 Å². The smallest absolute Gasteiger partial charge is 0.344 e. The Hall–Kier alpha value is -1.34. The van der Waals surface area contributed by atoms with Crippen LogP contribution in [0.2, 0.25) is 0 Å². The normalized spacial score (nSPS) is 18.4. The van der Waals surface area contributed by atoms with Crippen LogP contribution in [0.3, 0.4) is 0 Å². The average Bonchev–Trinajstić information content (AvgIpc) is 2.76. The molecular weight excluding hydrogens is 394 g/mol. The van der Waals surface area contributed by atoms with E-state index in [0.717, 1.165) is 0 Å². The van der Waals surface area contributed by atoms with Crippen molar-refractivity contribution >= 4 is 35.4 Å². The number of carbonyl (C=O) groups excluding carboxylic acids is 2. The summed E-state index contributed by atoms with van der Waals surface area (Å²) in [5.74, 6) is 2.82. The fourth-order valence-corrected chi connectivity index (χ4v) is 6.33. The van der Waals surface area contributed by atoms with Gasteiger partial charge in [0.15, 0.2) is 13.2 Å². The largest absolute Gasteiger partial charge is 0.482 e. The van der Waals surface area contributed by atoms with Crippen LogP contribution in [0.15, 0.2) is 24.3 Å². The van der Waals surface area contributed by atoms with E-state index in [1.165, 1.54) is 55.6 Å². The molecule has 1 heterocycles. The second-order valence-electron chi connectivity index (χ2n) is 7.25. The molecule has 1 amide bonds. The SMILES string of the molecule is O=C(COC(=O)COc1ccc(C2SCCCS2)cc1)NCC1CCCCC1. The summed E-state index contributed by atoms with van der Waals surface area (Å²) in [5, 5.41) is 2.86. The molecule has 2 aliphatic rings. The lowest BCUT2D eigenvalue weighted by atomic mass is 9.89. The van der Waals surface area contributed by atoms with Crippen molar-refractivity contribution in [3.8, 4) is 5.75 Å². The monoisotopic (exact) mass is 423 g/mol. The minimum atomic E-state index is -0.532. The minimum absolute atomic E-state index is 0.192.